The SMILES string of the molecule is CCSc1ccccc1NS(=O)(=O)c1ccc(Cl)c(N)c1. The van der Waals surface area contributed by atoms with Crippen LogP contribution in [0.2, 0.25) is 5.02 Å². The van der Waals surface area contributed by atoms with Crippen molar-refractivity contribution in [2.24, 2.45) is 0 Å². The van der Waals surface area contributed by atoms with Crippen molar-refractivity contribution in [2.45, 2.75) is 16.7 Å². The first-order valence-electron chi connectivity index (χ1n) is 6.23. The lowest BCUT2D eigenvalue weighted by atomic mass is 10.3. The van der Waals surface area contributed by atoms with Gasteiger partial charge in [0.05, 0.1) is 21.3 Å². The monoisotopic (exact) mass is 342 g/mol. The number of nitrogens with one attached hydrogen (secondary N) is 1. The van der Waals surface area contributed by atoms with Crippen molar-refractivity contribution < 1.29 is 8.42 Å². The van der Waals surface area contributed by atoms with E-state index in [4.69, 9.17) is 17.3 Å². The maximum absolute atomic E-state index is 12.4. The molecule has 0 amide bonds. The molecule has 4 nitrogen and oxygen atoms in total. The van der Waals surface area contributed by atoms with Gasteiger partial charge in [-0.05, 0) is 36.1 Å². The topological polar surface area (TPSA) is 72.2 Å². The lowest BCUT2D eigenvalue weighted by Gasteiger charge is -2.12. The van der Waals surface area contributed by atoms with Gasteiger partial charge in [-0.15, -0.1) is 11.8 Å². The molecule has 0 aliphatic rings. The van der Waals surface area contributed by atoms with E-state index in [2.05, 4.69) is 4.72 Å². The van der Waals surface area contributed by atoms with E-state index in [1.165, 1.54) is 18.2 Å². The smallest absolute Gasteiger partial charge is 0.262 e. The number of anilines is 2. The first-order valence-corrected chi connectivity index (χ1v) is 9.08. The number of sulfonamides is 1. The summed E-state index contributed by atoms with van der Waals surface area (Å²) in [6.07, 6.45) is 0. The predicted molar refractivity (Wildman–Crippen MR) is 89.5 cm³/mol. The molecule has 2 aromatic rings. The standard InChI is InChI=1S/C14H15ClN2O2S2/c1-2-20-14-6-4-3-5-13(14)17-21(18,19)10-7-8-11(15)12(16)9-10/h3-9,17H,2,16H2,1H3. The average Bonchev–Trinajstić information content (AvgIpc) is 2.44. The summed E-state index contributed by atoms with van der Waals surface area (Å²) in [5.74, 6) is 0.854. The van der Waals surface area contributed by atoms with Gasteiger partial charge in [0.15, 0.2) is 0 Å². The molecule has 2 aromatic carbocycles. The molecule has 0 fully saturated rings. The number of nitrogens with two attached hydrogens (primary N) is 1. The number of hydrogen-bond acceptors (Lipinski definition) is 4. The second kappa shape index (κ2) is 6.60. The van der Waals surface area contributed by atoms with Gasteiger partial charge in [0.1, 0.15) is 0 Å². The molecule has 0 aromatic heterocycles. The zero-order valence-electron chi connectivity index (χ0n) is 11.3. The highest BCUT2D eigenvalue weighted by Gasteiger charge is 2.17. The van der Waals surface area contributed by atoms with Gasteiger partial charge in [0.2, 0.25) is 0 Å². The van der Waals surface area contributed by atoms with Crippen LogP contribution in [-0.4, -0.2) is 14.2 Å². The van der Waals surface area contributed by atoms with Gasteiger partial charge in [-0.2, -0.15) is 0 Å². The minimum atomic E-state index is -3.70. The van der Waals surface area contributed by atoms with Crippen molar-refractivity contribution >= 4 is 44.8 Å². The van der Waals surface area contributed by atoms with Crippen molar-refractivity contribution in [1.29, 1.82) is 0 Å². The largest absolute Gasteiger partial charge is 0.397 e. The Morgan fingerprint density at radius 2 is 1.95 bits per heavy atom. The molecule has 2 rings (SSSR count). The van der Waals surface area contributed by atoms with E-state index < -0.39 is 10.0 Å². The van der Waals surface area contributed by atoms with E-state index in [0.717, 1.165) is 10.6 Å². The van der Waals surface area contributed by atoms with Crippen LogP contribution in [0.25, 0.3) is 0 Å². The molecular weight excluding hydrogens is 328 g/mol. The first-order chi connectivity index (χ1) is 9.94. The lowest BCUT2D eigenvalue weighted by molar-refractivity contribution is 0.601. The van der Waals surface area contributed by atoms with Gasteiger partial charge in [-0.1, -0.05) is 30.7 Å². The number of benzene rings is 2. The van der Waals surface area contributed by atoms with E-state index >= 15 is 0 Å². The molecular formula is C14H15ClN2O2S2. The van der Waals surface area contributed by atoms with Gasteiger partial charge in [0, 0.05) is 4.90 Å². The van der Waals surface area contributed by atoms with Crippen LogP contribution in [0.5, 0.6) is 0 Å². The number of para-hydroxylation sites is 1. The fourth-order valence-electron chi connectivity index (χ4n) is 1.73. The molecule has 0 unspecified atom stereocenters. The summed E-state index contributed by atoms with van der Waals surface area (Å²) in [5, 5.41) is 0.330. The Labute approximate surface area is 133 Å². The van der Waals surface area contributed by atoms with Crippen molar-refractivity contribution in [2.75, 3.05) is 16.2 Å². The van der Waals surface area contributed by atoms with Crippen LogP contribution >= 0.6 is 23.4 Å². The van der Waals surface area contributed by atoms with Gasteiger partial charge in [-0.3, -0.25) is 4.72 Å². The summed E-state index contributed by atoms with van der Waals surface area (Å²) in [6, 6.07) is 11.5. The minimum absolute atomic E-state index is 0.0840. The minimum Gasteiger partial charge on any atom is -0.397 e. The Morgan fingerprint density at radius 1 is 1.24 bits per heavy atom. The number of thioether (sulfide) groups is 1. The molecule has 0 heterocycles. The summed E-state index contributed by atoms with van der Waals surface area (Å²) in [4.78, 5) is 0.964. The van der Waals surface area contributed by atoms with Crippen molar-refractivity contribution in [3.8, 4) is 0 Å². The van der Waals surface area contributed by atoms with Crippen molar-refractivity contribution in [1.82, 2.24) is 0 Å². The van der Waals surface area contributed by atoms with Crippen LogP contribution in [0.15, 0.2) is 52.3 Å². The zero-order chi connectivity index (χ0) is 15.5. The molecule has 0 bridgehead atoms. The average molecular weight is 343 g/mol. The number of nitrogen functional groups attached to an aromatic ring is 1. The predicted octanol–water partition coefficient (Wildman–Crippen LogP) is 3.84. The third-order valence-corrected chi connectivity index (χ3v) is 5.37. The van der Waals surface area contributed by atoms with Crippen LogP contribution in [0.4, 0.5) is 11.4 Å². The van der Waals surface area contributed by atoms with E-state index in [0.29, 0.717) is 10.7 Å². The van der Waals surface area contributed by atoms with E-state index in [1.807, 2.05) is 19.1 Å². The molecule has 0 radical (unpaired) electrons. The highest BCUT2D eigenvalue weighted by atomic mass is 35.5. The Balaban J connectivity index is 2.35. The molecule has 0 saturated heterocycles. The van der Waals surface area contributed by atoms with Crippen molar-refractivity contribution in [3.63, 3.8) is 0 Å². The van der Waals surface area contributed by atoms with E-state index in [9.17, 15) is 8.42 Å². The van der Waals surface area contributed by atoms with E-state index in [-0.39, 0.29) is 10.6 Å². The summed E-state index contributed by atoms with van der Waals surface area (Å²) in [6.45, 7) is 2.01. The normalized spacial score (nSPS) is 11.3. The Bertz CT molecular complexity index is 748. The number of hydrogen-bond donors (Lipinski definition) is 2. The highest BCUT2D eigenvalue weighted by Crippen LogP contribution is 2.29. The third kappa shape index (κ3) is 3.84. The maximum atomic E-state index is 12.4. The van der Waals surface area contributed by atoms with Crippen molar-refractivity contribution in [3.05, 3.63) is 47.5 Å². The van der Waals surface area contributed by atoms with Crippen LogP contribution in [0.1, 0.15) is 6.92 Å². The third-order valence-electron chi connectivity index (χ3n) is 2.71. The van der Waals surface area contributed by atoms with Crippen LogP contribution < -0.4 is 10.5 Å². The maximum Gasteiger partial charge on any atom is 0.262 e. The fourth-order valence-corrected chi connectivity index (χ4v) is 3.78. The Kier molecular flexibility index (Phi) is 5.03. The van der Waals surface area contributed by atoms with Crippen LogP contribution in [0, 0.1) is 0 Å². The number of rotatable bonds is 5. The summed E-state index contributed by atoms with van der Waals surface area (Å²) >= 11 is 7.38. The van der Waals surface area contributed by atoms with Gasteiger partial charge in [0.25, 0.3) is 10.0 Å². The summed E-state index contributed by atoms with van der Waals surface area (Å²) in [7, 11) is -3.70. The molecule has 0 aliphatic carbocycles. The zero-order valence-corrected chi connectivity index (χ0v) is 13.7. The summed E-state index contributed by atoms with van der Waals surface area (Å²) < 4.78 is 27.4. The molecule has 0 spiro atoms. The second-order valence-corrected chi connectivity index (χ2v) is 7.61. The van der Waals surface area contributed by atoms with Crippen LogP contribution in [-0.2, 0) is 10.0 Å². The van der Waals surface area contributed by atoms with E-state index in [1.54, 1.807) is 23.9 Å². The summed E-state index contributed by atoms with van der Waals surface area (Å²) in [5.41, 5.74) is 6.45. The molecule has 112 valence electrons. The molecule has 21 heavy (non-hydrogen) atoms. The van der Waals surface area contributed by atoms with Gasteiger partial charge in [-0.25, -0.2) is 8.42 Å². The molecule has 0 atom stereocenters. The van der Waals surface area contributed by atoms with Crippen LogP contribution in [0.3, 0.4) is 0 Å². The Morgan fingerprint density at radius 3 is 2.62 bits per heavy atom. The fraction of sp³-hybridized carbons (Fsp3) is 0.143. The highest BCUT2D eigenvalue weighted by molar-refractivity contribution is 7.99. The first kappa shape index (κ1) is 16.0. The lowest BCUT2D eigenvalue weighted by Crippen LogP contribution is -2.13. The van der Waals surface area contributed by atoms with Gasteiger partial charge < -0.3 is 5.73 Å². The molecule has 3 N–H and O–H groups in total. The second-order valence-electron chi connectivity index (χ2n) is 4.22. The Hall–Kier alpha value is -1.37. The van der Waals surface area contributed by atoms with Gasteiger partial charge >= 0.3 is 0 Å². The molecule has 7 heteroatoms. The number of halogens is 1. The molecule has 0 aliphatic heterocycles. The molecule has 0 saturated carbocycles. The quantitative estimate of drug-likeness (QED) is 0.639.